The smallest absolute Gasteiger partial charge is 0.00684 e. The van der Waals surface area contributed by atoms with Gasteiger partial charge in [-0.05, 0) is 61.7 Å². The van der Waals surface area contributed by atoms with Gasteiger partial charge in [0.25, 0.3) is 0 Å². The average Bonchev–Trinajstić information content (AvgIpc) is 2.80. The number of nitrogens with one attached hydrogen (secondary N) is 1. The van der Waals surface area contributed by atoms with Gasteiger partial charge in [-0.15, -0.1) is 0 Å². The molecule has 102 valence electrons. The predicted molar refractivity (Wildman–Crippen MR) is 75.5 cm³/mol. The highest BCUT2D eigenvalue weighted by atomic mass is 15.0. The van der Waals surface area contributed by atoms with Gasteiger partial charge in [0.15, 0.2) is 0 Å². The molecule has 4 fully saturated rings. The Bertz CT molecular complexity index is 303. The molecule has 1 heteroatoms. The van der Waals surface area contributed by atoms with Crippen molar-refractivity contribution in [3.8, 4) is 0 Å². The standard InChI is InChI=1S/C17H29N/c1-2-4-13(3-1)10-17(12-18-16-7-8-16)11-14-5-6-15(17)9-14/h13-16,18H,1-12H2. The van der Waals surface area contributed by atoms with Gasteiger partial charge in [-0.25, -0.2) is 0 Å². The molecule has 0 heterocycles. The monoisotopic (exact) mass is 247 g/mol. The van der Waals surface area contributed by atoms with Crippen molar-refractivity contribution in [3.05, 3.63) is 0 Å². The molecule has 0 saturated heterocycles. The summed E-state index contributed by atoms with van der Waals surface area (Å²) in [5, 5.41) is 3.90. The van der Waals surface area contributed by atoms with E-state index in [1.165, 1.54) is 32.2 Å². The van der Waals surface area contributed by atoms with Gasteiger partial charge in [-0.1, -0.05) is 32.1 Å². The van der Waals surface area contributed by atoms with E-state index in [0.29, 0.717) is 0 Å². The molecule has 0 aromatic heterocycles. The predicted octanol–water partition coefficient (Wildman–Crippen LogP) is 4.13. The zero-order valence-electron chi connectivity index (χ0n) is 11.8. The van der Waals surface area contributed by atoms with Gasteiger partial charge in [0, 0.05) is 12.6 Å². The molecular formula is C17H29N. The Morgan fingerprint density at radius 3 is 2.39 bits per heavy atom. The Labute approximate surface area is 112 Å². The maximum Gasteiger partial charge on any atom is 0.00684 e. The number of hydrogen-bond donors (Lipinski definition) is 1. The molecule has 4 saturated carbocycles. The van der Waals surface area contributed by atoms with Crippen LogP contribution in [-0.4, -0.2) is 12.6 Å². The van der Waals surface area contributed by atoms with Crippen molar-refractivity contribution in [2.45, 2.75) is 76.7 Å². The molecule has 4 rings (SSSR count). The molecule has 3 unspecified atom stereocenters. The Hall–Kier alpha value is -0.0400. The van der Waals surface area contributed by atoms with Gasteiger partial charge in [0.05, 0.1) is 0 Å². The zero-order chi connectivity index (χ0) is 12.0. The lowest BCUT2D eigenvalue weighted by Gasteiger charge is -2.40. The van der Waals surface area contributed by atoms with E-state index >= 15 is 0 Å². The third-order valence-electron chi connectivity index (χ3n) is 6.59. The topological polar surface area (TPSA) is 12.0 Å². The number of hydrogen-bond acceptors (Lipinski definition) is 1. The molecule has 0 aromatic carbocycles. The number of rotatable bonds is 5. The van der Waals surface area contributed by atoms with Crippen LogP contribution in [0.25, 0.3) is 0 Å². The molecule has 1 nitrogen and oxygen atoms in total. The lowest BCUT2D eigenvalue weighted by atomic mass is 9.67. The molecule has 0 amide bonds. The van der Waals surface area contributed by atoms with Crippen molar-refractivity contribution >= 4 is 0 Å². The molecule has 4 aliphatic rings. The van der Waals surface area contributed by atoms with E-state index in [1.54, 1.807) is 44.9 Å². The Morgan fingerprint density at radius 2 is 1.78 bits per heavy atom. The largest absolute Gasteiger partial charge is 0.313 e. The van der Waals surface area contributed by atoms with Crippen molar-refractivity contribution in [2.75, 3.05) is 6.54 Å². The lowest BCUT2D eigenvalue weighted by Crippen LogP contribution is -2.40. The molecule has 0 radical (unpaired) electrons. The highest BCUT2D eigenvalue weighted by Crippen LogP contribution is 2.59. The highest BCUT2D eigenvalue weighted by molar-refractivity contribution is 5.03. The van der Waals surface area contributed by atoms with Crippen LogP contribution in [-0.2, 0) is 0 Å². The summed E-state index contributed by atoms with van der Waals surface area (Å²) in [6.45, 7) is 1.37. The van der Waals surface area contributed by atoms with E-state index in [0.717, 1.165) is 29.2 Å². The third kappa shape index (κ3) is 2.13. The normalized spacial score (nSPS) is 44.0. The molecular weight excluding hydrogens is 218 g/mol. The summed E-state index contributed by atoms with van der Waals surface area (Å²) in [6.07, 6.45) is 16.9. The van der Waals surface area contributed by atoms with E-state index in [9.17, 15) is 0 Å². The first-order valence-corrected chi connectivity index (χ1v) is 8.57. The minimum atomic E-state index is 0.737. The molecule has 1 N–H and O–H groups in total. The summed E-state index contributed by atoms with van der Waals surface area (Å²) >= 11 is 0. The zero-order valence-corrected chi connectivity index (χ0v) is 11.8. The summed E-state index contributed by atoms with van der Waals surface area (Å²) in [5.41, 5.74) is 0.737. The van der Waals surface area contributed by atoms with Gasteiger partial charge in [-0.3, -0.25) is 0 Å². The Balaban J connectivity index is 1.45. The van der Waals surface area contributed by atoms with Gasteiger partial charge in [0.2, 0.25) is 0 Å². The van der Waals surface area contributed by atoms with Crippen LogP contribution in [0.5, 0.6) is 0 Å². The summed E-state index contributed by atoms with van der Waals surface area (Å²) in [4.78, 5) is 0. The van der Waals surface area contributed by atoms with E-state index in [4.69, 9.17) is 0 Å². The van der Waals surface area contributed by atoms with Crippen molar-refractivity contribution in [1.29, 1.82) is 0 Å². The molecule has 3 atom stereocenters. The van der Waals surface area contributed by atoms with Crippen LogP contribution >= 0.6 is 0 Å². The Morgan fingerprint density at radius 1 is 0.944 bits per heavy atom. The quantitative estimate of drug-likeness (QED) is 0.770. The third-order valence-corrected chi connectivity index (χ3v) is 6.59. The van der Waals surface area contributed by atoms with Gasteiger partial charge in [0.1, 0.15) is 0 Å². The first kappa shape index (κ1) is 11.8. The molecule has 0 aromatic rings. The van der Waals surface area contributed by atoms with Crippen LogP contribution < -0.4 is 5.32 Å². The molecule has 4 aliphatic carbocycles. The van der Waals surface area contributed by atoms with Crippen molar-refractivity contribution in [2.24, 2.45) is 23.2 Å². The Kier molecular flexibility index (Phi) is 2.94. The second kappa shape index (κ2) is 4.51. The summed E-state index contributed by atoms with van der Waals surface area (Å²) in [5.74, 6) is 3.29. The fraction of sp³-hybridized carbons (Fsp3) is 1.00. The first-order chi connectivity index (χ1) is 8.84. The lowest BCUT2D eigenvalue weighted by molar-refractivity contribution is 0.116. The maximum atomic E-state index is 3.90. The molecule has 18 heavy (non-hydrogen) atoms. The van der Waals surface area contributed by atoms with Crippen LogP contribution in [0.3, 0.4) is 0 Å². The van der Waals surface area contributed by atoms with Crippen LogP contribution in [0.4, 0.5) is 0 Å². The second-order valence-electron chi connectivity index (χ2n) is 7.95. The van der Waals surface area contributed by atoms with Crippen LogP contribution in [0.2, 0.25) is 0 Å². The van der Waals surface area contributed by atoms with Crippen LogP contribution in [0.15, 0.2) is 0 Å². The van der Waals surface area contributed by atoms with Crippen molar-refractivity contribution in [3.63, 3.8) is 0 Å². The highest BCUT2D eigenvalue weighted by Gasteiger charge is 2.51. The minimum absolute atomic E-state index is 0.737. The van der Waals surface area contributed by atoms with Gasteiger partial charge in [-0.2, -0.15) is 0 Å². The average molecular weight is 247 g/mol. The summed E-state index contributed by atoms with van der Waals surface area (Å²) in [7, 11) is 0. The number of fused-ring (bicyclic) bond motifs is 2. The van der Waals surface area contributed by atoms with Crippen LogP contribution in [0, 0.1) is 23.2 Å². The molecule has 2 bridgehead atoms. The maximum absolute atomic E-state index is 3.90. The summed E-state index contributed by atoms with van der Waals surface area (Å²) in [6, 6.07) is 0.907. The first-order valence-electron chi connectivity index (χ1n) is 8.57. The van der Waals surface area contributed by atoms with Crippen molar-refractivity contribution in [1.82, 2.24) is 5.32 Å². The summed E-state index contributed by atoms with van der Waals surface area (Å²) < 4.78 is 0. The molecule has 0 aliphatic heterocycles. The minimum Gasteiger partial charge on any atom is -0.313 e. The van der Waals surface area contributed by atoms with Crippen molar-refractivity contribution < 1.29 is 0 Å². The molecule has 0 spiro atoms. The fourth-order valence-electron chi connectivity index (χ4n) is 5.52. The second-order valence-corrected chi connectivity index (χ2v) is 7.95. The van der Waals surface area contributed by atoms with Gasteiger partial charge >= 0.3 is 0 Å². The van der Waals surface area contributed by atoms with Gasteiger partial charge < -0.3 is 5.32 Å². The SMILES string of the molecule is C1CCC(CC2(CNC3CC3)CC3CCC2C3)C1. The van der Waals surface area contributed by atoms with E-state index in [1.807, 2.05) is 0 Å². The van der Waals surface area contributed by atoms with E-state index < -0.39 is 0 Å². The fourth-order valence-corrected chi connectivity index (χ4v) is 5.52. The van der Waals surface area contributed by atoms with Crippen LogP contribution in [0.1, 0.15) is 70.6 Å². The van der Waals surface area contributed by atoms with E-state index in [2.05, 4.69) is 5.32 Å². The van der Waals surface area contributed by atoms with E-state index in [-0.39, 0.29) is 0 Å².